The zero-order valence-corrected chi connectivity index (χ0v) is 10.8. The molecule has 0 saturated heterocycles. The van der Waals surface area contributed by atoms with Gasteiger partial charge in [-0.05, 0) is 13.3 Å². The number of amides is 1. The first-order chi connectivity index (χ1) is 7.96. The predicted molar refractivity (Wildman–Crippen MR) is 65.4 cm³/mol. The molecule has 1 heterocycles. The molecule has 17 heavy (non-hydrogen) atoms. The number of hydrogen-bond acceptors (Lipinski definition) is 4. The lowest BCUT2D eigenvalue weighted by molar-refractivity contribution is -0.136. The first-order valence-corrected chi connectivity index (χ1v) is 5.56. The van der Waals surface area contributed by atoms with Crippen LogP contribution in [0.25, 0.3) is 0 Å². The summed E-state index contributed by atoms with van der Waals surface area (Å²) in [5.41, 5.74) is 5.54. The van der Waals surface area contributed by atoms with Crippen molar-refractivity contribution in [2.45, 2.75) is 32.4 Å². The van der Waals surface area contributed by atoms with Gasteiger partial charge in [0.05, 0.1) is 0 Å². The van der Waals surface area contributed by atoms with E-state index < -0.39 is 5.60 Å². The number of methoxy groups -OCH3 is 1. The van der Waals surface area contributed by atoms with Crippen molar-refractivity contribution in [3.8, 4) is 0 Å². The molecule has 1 amide bonds. The van der Waals surface area contributed by atoms with Crippen LogP contribution in [0.5, 0.6) is 0 Å². The SMILES string of the molecule is CCC(C)(OC)C(=O)Nc1nn(C)cc1CN. The van der Waals surface area contributed by atoms with Gasteiger partial charge in [-0.2, -0.15) is 5.10 Å². The van der Waals surface area contributed by atoms with E-state index in [1.54, 1.807) is 24.9 Å². The van der Waals surface area contributed by atoms with Crippen LogP contribution in [0.1, 0.15) is 25.8 Å². The average Bonchev–Trinajstić information content (AvgIpc) is 2.68. The van der Waals surface area contributed by atoms with E-state index in [0.29, 0.717) is 18.8 Å². The van der Waals surface area contributed by atoms with Crippen LogP contribution < -0.4 is 11.1 Å². The Hall–Kier alpha value is -1.40. The number of nitrogens with two attached hydrogens (primary N) is 1. The van der Waals surface area contributed by atoms with Gasteiger partial charge in [0.25, 0.3) is 5.91 Å². The largest absolute Gasteiger partial charge is 0.369 e. The van der Waals surface area contributed by atoms with Crippen LogP contribution in [0.4, 0.5) is 5.82 Å². The zero-order chi connectivity index (χ0) is 13.1. The first kappa shape index (κ1) is 13.7. The number of nitrogens with one attached hydrogen (secondary N) is 1. The normalized spacial score (nSPS) is 14.4. The fourth-order valence-electron chi connectivity index (χ4n) is 1.43. The summed E-state index contributed by atoms with van der Waals surface area (Å²) in [7, 11) is 3.30. The van der Waals surface area contributed by atoms with E-state index in [-0.39, 0.29) is 5.91 Å². The molecule has 0 aliphatic rings. The van der Waals surface area contributed by atoms with Gasteiger partial charge in [0.2, 0.25) is 0 Å². The molecule has 6 nitrogen and oxygen atoms in total. The monoisotopic (exact) mass is 240 g/mol. The molecule has 6 heteroatoms. The van der Waals surface area contributed by atoms with Gasteiger partial charge in [-0.25, -0.2) is 0 Å². The van der Waals surface area contributed by atoms with Gasteiger partial charge in [-0.3, -0.25) is 9.48 Å². The molecule has 0 spiro atoms. The Morgan fingerprint density at radius 1 is 1.71 bits per heavy atom. The second kappa shape index (κ2) is 5.29. The number of hydrogen-bond donors (Lipinski definition) is 2. The molecule has 1 rings (SSSR count). The van der Waals surface area contributed by atoms with Crippen molar-refractivity contribution in [2.75, 3.05) is 12.4 Å². The van der Waals surface area contributed by atoms with Crippen LogP contribution in [0, 0.1) is 0 Å². The third-order valence-corrected chi connectivity index (χ3v) is 2.96. The van der Waals surface area contributed by atoms with Crippen LogP contribution in [-0.2, 0) is 23.1 Å². The fourth-order valence-corrected chi connectivity index (χ4v) is 1.43. The molecule has 3 N–H and O–H groups in total. The Kier molecular flexibility index (Phi) is 4.25. The smallest absolute Gasteiger partial charge is 0.257 e. The second-order valence-corrected chi connectivity index (χ2v) is 4.12. The summed E-state index contributed by atoms with van der Waals surface area (Å²) in [6.07, 6.45) is 2.37. The highest BCUT2D eigenvalue weighted by atomic mass is 16.5. The quantitative estimate of drug-likeness (QED) is 0.791. The number of aryl methyl sites for hydroxylation is 1. The van der Waals surface area contributed by atoms with E-state index in [9.17, 15) is 4.79 Å². The van der Waals surface area contributed by atoms with Gasteiger partial charge in [0.1, 0.15) is 5.60 Å². The van der Waals surface area contributed by atoms with Crippen molar-refractivity contribution in [2.24, 2.45) is 12.8 Å². The maximum atomic E-state index is 12.0. The third-order valence-electron chi connectivity index (χ3n) is 2.96. The minimum atomic E-state index is -0.844. The summed E-state index contributed by atoms with van der Waals surface area (Å²) in [5.74, 6) is 0.285. The van der Waals surface area contributed by atoms with Crippen LogP contribution in [-0.4, -0.2) is 28.4 Å². The molecule has 0 aromatic carbocycles. The van der Waals surface area contributed by atoms with Crippen molar-refractivity contribution in [3.63, 3.8) is 0 Å². The van der Waals surface area contributed by atoms with Crippen molar-refractivity contribution >= 4 is 11.7 Å². The molecule has 0 aliphatic carbocycles. The van der Waals surface area contributed by atoms with Gasteiger partial charge in [0, 0.05) is 32.5 Å². The number of aromatic nitrogens is 2. The van der Waals surface area contributed by atoms with Crippen LogP contribution in [0.15, 0.2) is 6.20 Å². The molecule has 0 saturated carbocycles. The van der Waals surface area contributed by atoms with Gasteiger partial charge in [0.15, 0.2) is 5.82 Å². The lowest BCUT2D eigenvalue weighted by Crippen LogP contribution is -2.41. The number of nitrogens with zero attached hydrogens (tertiary/aromatic N) is 2. The Morgan fingerprint density at radius 2 is 2.35 bits per heavy atom. The summed E-state index contributed by atoms with van der Waals surface area (Å²) >= 11 is 0. The van der Waals surface area contributed by atoms with E-state index in [1.165, 1.54) is 7.11 Å². The molecule has 1 aromatic heterocycles. The minimum Gasteiger partial charge on any atom is -0.369 e. The second-order valence-electron chi connectivity index (χ2n) is 4.12. The maximum Gasteiger partial charge on any atom is 0.257 e. The molecule has 0 aliphatic heterocycles. The maximum absolute atomic E-state index is 12.0. The highest BCUT2D eigenvalue weighted by Crippen LogP contribution is 2.18. The van der Waals surface area contributed by atoms with E-state index in [4.69, 9.17) is 10.5 Å². The summed E-state index contributed by atoms with van der Waals surface area (Å²) in [4.78, 5) is 12.0. The summed E-state index contributed by atoms with van der Waals surface area (Å²) < 4.78 is 6.84. The predicted octanol–water partition coefficient (Wildman–Crippen LogP) is 0.632. The molecule has 0 bridgehead atoms. The molecular formula is C11H20N4O2. The van der Waals surface area contributed by atoms with Gasteiger partial charge in [-0.1, -0.05) is 6.92 Å². The van der Waals surface area contributed by atoms with E-state index in [1.807, 2.05) is 6.92 Å². The lowest BCUT2D eigenvalue weighted by atomic mass is 10.0. The molecule has 0 radical (unpaired) electrons. The van der Waals surface area contributed by atoms with Crippen molar-refractivity contribution in [3.05, 3.63) is 11.8 Å². The topological polar surface area (TPSA) is 82.2 Å². The van der Waals surface area contributed by atoms with Crippen molar-refractivity contribution in [1.29, 1.82) is 0 Å². The Morgan fingerprint density at radius 3 is 2.82 bits per heavy atom. The average molecular weight is 240 g/mol. The Balaban J connectivity index is 2.87. The highest BCUT2D eigenvalue weighted by Gasteiger charge is 2.31. The number of rotatable bonds is 5. The minimum absolute atomic E-state index is 0.212. The number of carbonyl (C=O) groups excluding carboxylic acids is 1. The van der Waals surface area contributed by atoms with Crippen molar-refractivity contribution < 1.29 is 9.53 Å². The molecule has 96 valence electrons. The van der Waals surface area contributed by atoms with E-state index in [0.717, 1.165) is 5.56 Å². The van der Waals surface area contributed by atoms with E-state index >= 15 is 0 Å². The first-order valence-electron chi connectivity index (χ1n) is 5.56. The van der Waals surface area contributed by atoms with Crippen LogP contribution in [0.3, 0.4) is 0 Å². The molecule has 0 fully saturated rings. The van der Waals surface area contributed by atoms with Gasteiger partial charge < -0.3 is 15.8 Å². The Labute approximate surface area is 101 Å². The standard InChI is InChI=1S/C11H20N4O2/c1-5-11(2,17-4)10(16)13-9-8(6-12)7-15(3)14-9/h7H,5-6,12H2,1-4H3,(H,13,14,16). The third kappa shape index (κ3) is 2.83. The fraction of sp³-hybridized carbons (Fsp3) is 0.636. The van der Waals surface area contributed by atoms with Crippen LogP contribution in [0.2, 0.25) is 0 Å². The molecule has 1 atom stereocenters. The van der Waals surface area contributed by atoms with E-state index in [2.05, 4.69) is 10.4 Å². The number of carbonyl (C=O) groups is 1. The Bertz CT molecular complexity index is 396. The summed E-state index contributed by atoms with van der Waals surface area (Å²) in [5, 5.41) is 6.90. The number of ether oxygens (including phenoxy) is 1. The van der Waals surface area contributed by atoms with Crippen LogP contribution >= 0.6 is 0 Å². The lowest BCUT2D eigenvalue weighted by Gasteiger charge is -2.24. The summed E-state index contributed by atoms with van der Waals surface area (Å²) in [6.45, 7) is 3.97. The highest BCUT2D eigenvalue weighted by molar-refractivity contribution is 5.96. The molecule has 1 unspecified atom stereocenters. The van der Waals surface area contributed by atoms with Gasteiger partial charge in [-0.15, -0.1) is 0 Å². The summed E-state index contributed by atoms with van der Waals surface area (Å²) in [6, 6.07) is 0. The molecule has 1 aromatic rings. The number of anilines is 1. The molecular weight excluding hydrogens is 220 g/mol. The zero-order valence-electron chi connectivity index (χ0n) is 10.8. The van der Waals surface area contributed by atoms with Gasteiger partial charge >= 0.3 is 0 Å². The van der Waals surface area contributed by atoms with Crippen molar-refractivity contribution in [1.82, 2.24) is 9.78 Å².